The Bertz CT molecular complexity index is 853. The van der Waals surface area contributed by atoms with Gasteiger partial charge in [-0.25, -0.2) is 4.98 Å². The Morgan fingerprint density at radius 2 is 1.91 bits per heavy atom. The highest BCUT2D eigenvalue weighted by Crippen LogP contribution is 2.34. The molecule has 0 atom stereocenters. The average molecular weight is 298 g/mol. The summed E-state index contributed by atoms with van der Waals surface area (Å²) >= 11 is 0. The number of fused-ring (bicyclic) bond motifs is 1. The number of aromatic nitrogens is 3. The molecule has 8 nitrogen and oxygen atoms in total. The van der Waals surface area contributed by atoms with Crippen LogP contribution in [0.15, 0.2) is 42.7 Å². The maximum absolute atomic E-state index is 10.8. The summed E-state index contributed by atoms with van der Waals surface area (Å²) in [5.41, 5.74) is 1.01. The first-order valence-electron chi connectivity index (χ1n) is 6.25. The van der Waals surface area contributed by atoms with Crippen molar-refractivity contribution in [2.24, 2.45) is 0 Å². The van der Waals surface area contributed by atoms with Crippen LogP contribution in [-0.4, -0.2) is 27.0 Å². The summed E-state index contributed by atoms with van der Waals surface area (Å²) < 4.78 is 10.7. The highest BCUT2D eigenvalue weighted by molar-refractivity contribution is 5.69. The molecule has 0 radical (unpaired) electrons. The van der Waals surface area contributed by atoms with Gasteiger partial charge >= 0.3 is 0 Å². The lowest BCUT2D eigenvalue weighted by molar-refractivity contribution is -0.384. The molecule has 0 N–H and O–H groups in total. The molecule has 0 bridgehead atoms. The van der Waals surface area contributed by atoms with Gasteiger partial charge in [-0.2, -0.15) is 4.98 Å². The molecule has 3 rings (SSSR count). The average Bonchev–Trinajstić information content (AvgIpc) is 2.55. The fourth-order valence-electron chi connectivity index (χ4n) is 1.86. The van der Waals surface area contributed by atoms with Crippen molar-refractivity contribution in [2.75, 3.05) is 7.11 Å². The zero-order valence-corrected chi connectivity index (χ0v) is 11.5. The van der Waals surface area contributed by atoms with Crippen LogP contribution in [0, 0.1) is 10.1 Å². The van der Waals surface area contributed by atoms with Crippen molar-refractivity contribution in [2.45, 2.75) is 0 Å². The van der Waals surface area contributed by atoms with E-state index < -0.39 is 4.92 Å². The van der Waals surface area contributed by atoms with Crippen molar-refractivity contribution >= 4 is 16.9 Å². The maximum Gasteiger partial charge on any atom is 0.273 e. The van der Waals surface area contributed by atoms with Gasteiger partial charge in [-0.1, -0.05) is 0 Å². The molecule has 0 unspecified atom stereocenters. The van der Waals surface area contributed by atoms with Crippen molar-refractivity contribution < 1.29 is 14.4 Å². The highest BCUT2D eigenvalue weighted by Gasteiger charge is 2.13. The van der Waals surface area contributed by atoms with E-state index in [9.17, 15) is 10.1 Å². The Morgan fingerprint density at radius 1 is 1.09 bits per heavy atom. The third-order valence-electron chi connectivity index (χ3n) is 2.88. The standard InChI is InChI=1S/C14H10N4O4/c1-21-12-8-9(18(19)20)2-4-11(12)22-13-5-3-10-14(17-13)16-7-6-15-10/h2-8H,1H3. The van der Waals surface area contributed by atoms with Gasteiger partial charge in [-0.3, -0.25) is 15.1 Å². The van der Waals surface area contributed by atoms with Crippen molar-refractivity contribution in [3.05, 3.63) is 52.8 Å². The molecule has 0 aliphatic heterocycles. The monoisotopic (exact) mass is 298 g/mol. The molecule has 0 aliphatic carbocycles. The molecule has 2 aromatic heterocycles. The summed E-state index contributed by atoms with van der Waals surface area (Å²) in [5, 5.41) is 10.8. The predicted octanol–water partition coefficient (Wildman–Crippen LogP) is 2.73. The number of benzene rings is 1. The molecule has 0 saturated heterocycles. The van der Waals surface area contributed by atoms with Gasteiger partial charge in [0, 0.05) is 24.5 Å². The quantitative estimate of drug-likeness (QED) is 0.539. The molecule has 1 aromatic carbocycles. The Labute approximate surface area is 124 Å². The number of nitro benzene ring substituents is 1. The Hall–Kier alpha value is -3.29. The van der Waals surface area contributed by atoms with Gasteiger partial charge in [-0.15, -0.1) is 0 Å². The minimum absolute atomic E-state index is 0.0819. The smallest absolute Gasteiger partial charge is 0.273 e. The van der Waals surface area contributed by atoms with Crippen molar-refractivity contribution in [3.8, 4) is 17.4 Å². The normalized spacial score (nSPS) is 10.4. The summed E-state index contributed by atoms with van der Waals surface area (Å²) in [4.78, 5) is 22.7. The molecule has 22 heavy (non-hydrogen) atoms. The Balaban J connectivity index is 1.95. The SMILES string of the molecule is COc1cc([N+](=O)[O-])ccc1Oc1ccc2nccnc2n1. The van der Waals surface area contributed by atoms with Crippen LogP contribution in [0.3, 0.4) is 0 Å². The van der Waals surface area contributed by atoms with Crippen LogP contribution >= 0.6 is 0 Å². The van der Waals surface area contributed by atoms with E-state index in [1.807, 2.05) is 0 Å². The van der Waals surface area contributed by atoms with Gasteiger partial charge in [-0.05, 0) is 12.1 Å². The number of nitrogens with zero attached hydrogens (tertiary/aromatic N) is 4. The van der Waals surface area contributed by atoms with Crippen molar-refractivity contribution in [1.29, 1.82) is 0 Å². The van der Waals surface area contributed by atoms with E-state index in [4.69, 9.17) is 9.47 Å². The topological polar surface area (TPSA) is 100 Å². The number of ether oxygens (including phenoxy) is 2. The van der Waals surface area contributed by atoms with E-state index in [2.05, 4.69) is 15.0 Å². The number of hydrogen-bond donors (Lipinski definition) is 0. The largest absolute Gasteiger partial charge is 0.493 e. The van der Waals surface area contributed by atoms with Gasteiger partial charge in [0.1, 0.15) is 5.52 Å². The molecule has 2 heterocycles. The summed E-state index contributed by atoms with van der Waals surface area (Å²) in [6.07, 6.45) is 3.11. The van der Waals surface area contributed by atoms with E-state index in [0.717, 1.165) is 0 Å². The molecular formula is C14H10N4O4. The summed E-state index contributed by atoms with van der Waals surface area (Å²) in [6.45, 7) is 0. The molecule has 0 aliphatic rings. The van der Waals surface area contributed by atoms with E-state index in [1.165, 1.54) is 31.5 Å². The molecule has 8 heteroatoms. The van der Waals surface area contributed by atoms with Crippen molar-refractivity contribution in [1.82, 2.24) is 15.0 Å². The molecule has 3 aromatic rings. The summed E-state index contributed by atoms with van der Waals surface area (Å²) in [7, 11) is 1.41. The number of methoxy groups -OCH3 is 1. The molecule has 0 saturated carbocycles. The second-order valence-corrected chi connectivity index (χ2v) is 4.24. The van der Waals surface area contributed by atoms with Gasteiger partial charge in [0.25, 0.3) is 5.69 Å². The first-order valence-corrected chi connectivity index (χ1v) is 6.25. The molecular weight excluding hydrogens is 288 g/mol. The second kappa shape index (κ2) is 5.60. The van der Waals surface area contributed by atoms with Crippen molar-refractivity contribution in [3.63, 3.8) is 0 Å². The van der Waals surface area contributed by atoms with Crippen LogP contribution in [0.2, 0.25) is 0 Å². The molecule has 0 spiro atoms. The second-order valence-electron chi connectivity index (χ2n) is 4.24. The number of rotatable bonds is 4. The fourth-order valence-corrected chi connectivity index (χ4v) is 1.86. The first kappa shape index (κ1) is 13.7. The minimum atomic E-state index is -0.504. The zero-order valence-electron chi connectivity index (χ0n) is 11.5. The van der Waals surface area contributed by atoms with Crippen LogP contribution < -0.4 is 9.47 Å². The third-order valence-corrected chi connectivity index (χ3v) is 2.88. The predicted molar refractivity (Wildman–Crippen MR) is 77.1 cm³/mol. The first-order chi connectivity index (χ1) is 10.7. The maximum atomic E-state index is 10.8. The number of non-ortho nitro benzene ring substituents is 1. The van der Waals surface area contributed by atoms with Crippen LogP contribution in [0.1, 0.15) is 0 Å². The summed E-state index contributed by atoms with van der Waals surface area (Å²) in [6, 6.07) is 7.44. The lowest BCUT2D eigenvalue weighted by atomic mass is 10.3. The van der Waals surface area contributed by atoms with Gasteiger partial charge < -0.3 is 9.47 Å². The number of hydrogen-bond acceptors (Lipinski definition) is 7. The van der Waals surface area contributed by atoms with Gasteiger partial charge in [0.2, 0.25) is 5.88 Å². The number of nitro groups is 1. The van der Waals surface area contributed by atoms with E-state index in [-0.39, 0.29) is 11.4 Å². The minimum Gasteiger partial charge on any atom is -0.493 e. The van der Waals surface area contributed by atoms with Crippen LogP contribution in [0.4, 0.5) is 5.69 Å². The van der Waals surface area contributed by atoms with Gasteiger partial charge in [0.15, 0.2) is 17.1 Å². The van der Waals surface area contributed by atoms with E-state index in [0.29, 0.717) is 22.8 Å². The molecule has 0 fully saturated rings. The van der Waals surface area contributed by atoms with E-state index in [1.54, 1.807) is 18.3 Å². The zero-order chi connectivity index (χ0) is 15.5. The van der Waals surface area contributed by atoms with Crippen LogP contribution in [-0.2, 0) is 0 Å². The van der Waals surface area contributed by atoms with Crippen LogP contribution in [0.25, 0.3) is 11.2 Å². The highest BCUT2D eigenvalue weighted by atomic mass is 16.6. The Kier molecular flexibility index (Phi) is 3.48. The van der Waals surface area contributed by atoms with E-state index >= 15 is 0 Å². The van der Waals surface area contributed by atoms with Crippen LogP contribution in [0.5, 0.6) is 17.4 Å². The Morgan fingerprint density at radius 3 is 2.68 bits per heavy atom. The summed E-state index contributed by atoms with van der Waals surface area (Å²) in [5.74, 6) is 0.860. The lowest BCUT2D eigenvalue weighted by Crippen LogP contribution is -1.95. The number of pyridine rings is 1. The fraction of sp³-hybridized carbons (Fsp3) is 0.0714. The molecule has 110 valence electrons. The molecule has 0 amide bonds. The lowest BCUT2D eigenvalue weighted by Gasteiger charge is -2.09. The van der Waals surface area contributed by atoms with Gasteiger partial charge in [0.05, 0.1) is 18.1 Å². The third kappa shape index (κ3) is 2.62.